The van der Waals surface area contributed by atoms with Crippen molar-refractivity contribution in [1.82, 2.24) is 16.0 Å². The Bertz CT molecular complexity index is 333. The second kappa shape index (κ2) is 8.34. The van der Waals surface area contributed by atoms with Crippen molar-refractivity contribution in [3.63, 3.8) is 0 Å². The van der Waals surface area contributed by atoms with Crippen molar-refractivity contribution in [1.29, 1.82) is 0 Å². The van der Waals surface area contributed by atoms with Crippen LogP contribution in [0.2, 0.25) is 0 Å². The second-order valence-electron chi connectivity index (χ2n) is 4.47. The van der Waals surface area contributed by atoms with Gasteiger partial charge in [0.2, 0.25) is 5.91 Å². The van der Waals surface area contributed by atoms with Crippen molar-refractivity contribution in [3.8, 4) is 0 Å². The van der Waals surface area contributed by atoms with Gasteiger partial charge in [-0.3, -0.25) is 4.79 Å². The minimum Gasteiger partial charge on any atom is -0.480 e. The lowest BCUT2D eigenvalue weighted by molar-refractivity contribution is -0.144. The van der Waals surface area contributed by atoms with Crippen LogP contribution in [-0.2, 0) is 9.59 Å². The first-order valence-corrected chi connectivity index (χ1v) is 6.41. The number of carboxylic acid groups (broad SMARTS) is 1. The minimum absolute atomic E-state index is 0.155. The topological polar surface area (TPSA) is 108 Å². The molecule has 110 valence electrons. The molecule has 7 nitrogen and oxygen atoms in total. The zero-order valence-electron chi connectivity index (χ0n) is 11.7. The van der Waals surface area contributed by atoms with Gasteiger partial charge in [0.15, 0.2) is 0 Å². The SMILES string of the molecule is CCCC(C)(NC(=O)NCCC(=O)NCC)C(=O)O. The summed E-state index contributed by atoms with van der Waals surface area (Å²) in [5, 5.41) is 16.6. The molecular weight excluding hydrogens is 250 g/mol. The summed E-state index contributed by atoms with van der Waals surface area (Å²) >= 11 is 0. The molecule has 0 spiro atoms. The van der Waals surface area contributed by atoms with Crippen molar-refractivity contribution in [2.75, 3.05) is 13.1 Å². The Morgan fingerprint density at radius 1 is 1.16 bits per heavy atom. The molecule has 0 rings (SSSR count). The summed E-state index contributed by atoms with van der Waals surface area (Å²) < 4.78 is 0. The summed E-state index contributed by atoms with van der Waals surface area (Å²) in [6.07, 6.45) is 1.15. The molecule has 0 aromatic heterocycles. The van der Waals surface area contributed by atoms with Crippen LogP contribution in [0.4, 0.5) is 4.79 Å². The fraction of sp³-hybridized carbons (Fsp3) is 0.750. The highest BCUT2D eigenvalue weighted by Gasteiger charge is 2.33. The number of carbonyl (C=O) groups is 3. The number of rotatable bonds is 8. The lowest BCUT2D eigenvalue weighted by atomic mass is 9.97. The molecule has 0 aliphatic heterocycles. The first-order valence-electron chi connectivity index (χ1n) is 6.41. The fourth-order valence-corrected chi connectivity index (χ4v) is 1.59. The van der Waals surface area contributed by atoms with Crippen LogP contribution in [0.1, 0.15) is 40.0 Å². The van der Waals surface area contributed by atoms with Gasteiger partial charge in [0.05, 0.1) is 0 Å². The predicted molar refractivity (Wildman–Crippen MR) is 70.8 cm³/mol. The summed E-state index contributed by atoms with van der Waals surface area (Å²) in [6.45, 7) is 5.82. The van der Waals surface area contributed by atoms with Gasteiger partial charge in [-0.25, -0.2) is 9.59 Å². The van der Waals surface area contributed by atoms with Crippen molar-refractivity contribution < 1.29 is 19.5 Å². The summed E-state index contributed by atoms with van der Waals surface area (Å²) in [5.74, 6) is -1.23. The Hall–Kier alpha value is -1.79. The van der Waals surface area contributed by atoms with E-state index in [0.29, 0.717) is 19.4 Å². The van der Waals surface area contributed by atoms with Crippen LogP contribution in [0, 0.1) is 0 Å². The maximum absolute atomic E-state index is 11.6. The Balaban J connectivity index is 4.14. The van der Waals surface area contributed by atoms with E-state index in [0.717, 1.165) is 0 Å². The monoisotopic (exact) mass is 273 g/mol. The second-order valence-corrected chi connectivity index (χ2v) is 4.47. The van der Waals surface area contributed by atoms with E-state index in [1.165, 1.54) is 6.92 Å². The van der Waals surface area contributed by atoms with E-state index in [4.69, 9.17) is 5.11 Å². The highest BCUT2D eigenvalue weighted by molar-refractivity contribution is 5.86. The van der Waals surface area contributed by atoms with Gasteiger partial charge in [0.25, 0.3) is 0 Å². The van der Waals surface area contributed by atoms with Crippen LogP contribution in [0.25, 0.3) is 0 Å². The predicted octanol–water partition coefficient (Wildman–Crippen LogP) is 0.455. The largest absolute Gasteiger partial charge is 0.480 e. The third-order valence-corrected chi connectivity index (χ3v) is 2.62. The maximum atomic E-state index is 11.6. The Morgan fingerprint density at radius 2 is 1.79 bits per heavy atom. The lowest BCUT2D eigenvalue weighted by Gasteiger charge is -2.25. The summed E-state index contributed by atoms with van der Waals surface area (Å²) in [5.41, 5.74) is -1.29. The molecule has 0 fully saturated rings. The smallest absolute Gasteiger partial charge is 0.329 e. The van der Waals surface area contributed by atoms with Crippen molar-refractivity contribution >= 4 is 17.9 Å². The number of carboxylic acids is 1. The molecule has 0 saturated heterocycles. The molecule has 0 bridgehead atoms. The van der Waals surface area contributed by atoms with Crippen LogP contribution >= 0.6 is 0 Å². The van der Waals surface area contributed by atoms with Gasteiger partial charge in [-0.05, 0) is 20.3 Å². The van der Waals surface area contributed by atoms with Gasteiger partial charge in [0.1, 0.15) is 5.54 Å². The average molecular weight is 273 g/mol. The fourth-order valence-electron chi connectivity index (χ4n) is 1.59. The van der Waals surface area contributed by atoms with Gasteiger partial charge in [-0.1, -0.05) is 13.3 Å². The maximum Gasteiger partial charge on any atom is 0.329 e. The molecule has 0 aromatic rings. The summed E-state index contributed by atoms with van der Waals surface area (Å²) in [4.78, 5) is 33.8. The Morgan fingerprint density at radius 3 is 2.26 bits per heavy atom. The van der Waals surface area contributed by atoms with Gasteiger partial charge < -0.3 is 21.1 Å². The van der Waals surface area contributed by atoms with Crippen LogP contribution < -0.4 is 16.0 Å². The Labute approximate surface area is 113 Å². The van der Waals surface area contributed by atoms with E-state index in [1.54, 1.807) is 6.92 Å². The van der Waals surface area contributed by atoms with Gasteiger partial charge in [-0.2, -0.15) is 0 Å². The molecule has 0 aromatic carbocycles. The van der Waals surface area contributed by atoms with Crippen molar-refractivity contribution in [2.45, 2.75) is 45.6 Å². The molecular formula is C12H23N3O4. The molecule has 0 aliphatic rings. The van der Waals surface area contributed by atoms with E-state index >= 15 is 0 Å². The van der Waals surface area contributed by atoms with Crippen molar-refractivity contribution in [2.24, 2.45) is 0 Å². The first-order chi connectivity index (χ1) is 8.85. The van der Waals surface area contributed by atoms with Crippen LogP contribution in [0.5, 0.6) is 0 Å². The molecule has 0 radical (unpaired) electrons. The third-order valence-electron chi connectivity index (χ3n) is 2.62. The molecule has 1 atom stereocenters. The normalized spacial score (nSPS) is 13.2. The van der Waals surface area contributed by atoms with Gasteiger partial charge >= 0.3 is 12.0 Å². The van der Waals surface area contributed by atoms with E-state index in [9.17, 15) is 14.4 Å². The highest BCUT2D eigenvalue weighted by atomic mass is 16.4. The molecule has 1 unspecified atom stereocenters. The summed E-state index contributed by atoms with van der Waals surface area (Å²) in [6, 6.07) is -0.581. The standard InChI is InChI=1S/C12H23N3O4/c1-4-7-12(3,10(17)18)15-11(19)14-8-6-9(16)13-5-2/h4-8H2,1-3H3,(H,13,16)(H,17,18)(H2,14,15,19). The number of urea groups is 1. The van der Waals surface area contributed by atoms with E-state index < -0.39 is 17.5 Å². The minimum atomic E-state index is -1.29. The van der Waals surface area contributed by atoms with Gasteiger partial charge in [-0.15, -0.1) is 0 Å². The van der Waals surface area contributed by atoms with Crippen LogP contribution in [-0.4, -0.2) is 41.6 Å². The van der Waals surface area contributed by atoms with Gasteiger partial charge in [0, 0.05) is 19.5 Å². The number of nitrogens with one attached hydrogen (secondary N) is 3. The molecule has 19 heavy (non-hydrogen) atoms. The van der Waals surface area contributed by atoms with E-state index in [1.807, 2.05) is 6.92 Å². The number of carbonyl (C=O) groups excluding carboxylic acids is 2. The quantitative estimate of drug-likeness (QED) is 0.515. The molecule has 4 N–H and O–H groups in total. The number of hydrogen-bond acceptors (Lipinski definition) is 3. The summed E-state index contributed by atoms with van der Waals surface area (Å²) in [7, 11) is 0. The number of amides is 3. The van der Waals surface area contributed by atoms with E-state index in [2.05, 4.69) is 16.0 Å². The van der Waals surface area contributed by atoms with E-state index in [-0.39, 0.29) is 18.9 Å². The van der Waals surface area contributed by atoms with Crippen molar-refractivity contribution in [3.05, 3.63) is 0 Å². The molecule has 3 amide bonds. The van der Waals surface area contributed by atoms with Crippen LogP contribution in [0.15, 0.2) is 0 Å². The lowest BCUT2D eigenvalue weighted by Crippen LogP contribution is -2.55. The molecule has 7 heteroatoms. The third kappa shape index (κ3) is 6.64. The molecule has 0 saturated carbocycles. The Kier molecular flexibility index (Phi) is 7.55. The zero-order chi connectivity index (χ0) is 14.9. The zero-order valence-corrected chi connectivity index (χ0v) is 11.7. The molecule has 0 aliphatic carbocycles. The number of hydrogen-bond donors (Lipinski definition) is 4. The first kappa shape index (κ1) is 17.2. The average Bonchev–Trinajstić information content (AvgIpc) is 2.29. The molecule has 0 heterocycles. The number of aliphatic carboxylic acids is 1. The van der Waals surface area contributed by atoms with Crippen LogP contribution in [0.3, 0.4) is 0 Å². The highest BCUT2D eigenvalue weighted by Crippen LogP contribution is 2.12.